The molecule has 0 aromatic heterocycles. The second-order valence-electron chi connectivity index (χ2n) is 11.3. The number of hydrogen-bond acceptors (Lipinski definition) is 0. The van der Waals surface area contributed by atoms with E-state index in [1.165, 1.54) is 11.1 Å². The van der Waals surface area contributed by atoms with Crippen molar-refractivity contribution in [2.75, 3.05) is 0 Å². The Kier molecular flexibility index (Phi) is 10.5. The van der Waals surface area contributed by atoms with Gasteiger partial charge in [-0.1, -0.05) is 0 Å². The third-order valence-electron chi connectivity index (χ3n) is 6.58. The summed E-state index contributed by atoms with van der Waals surface area (Å²) in [7, 11) is 0. The van der Waals surface area contributed by atoms with Gasteiger partial charge in [0, 0.05) is 0 Å². The zero-order chi connectivity index (χ0) is 24.3. The molecule has 0 nitrogen and oxygen atoms in total. The zero-order valence-electron chi connectivity index (χ0n) is 22.8. The molecular formula is C30H46GeSn. The molecule has 2 radical (unpaired) electrons. The first kappa shape index (κ1) is 28.0. The van der Waals surface area contributed by atoms with Gasteiger partial charge in [0.05, 0.1) is 0 Å². The van der Waals surface area contributed by atoms with Crippen LogP contribution in [-0.2, 0) is 0 Å². The third kappa shape index (κ3) is 6.68. The van der Waals surface area contributed by atoms with Gasteiger partial charge >= 0.3 is 214 Å². The maximum absolute atomic E-state index is 2.57. The molecule has 0 heterocycles. The Balaban J connectivity index is 2.79. The van der Waals surface area contributed by atoms with Crippen LogP contribution in [0.15, 0.2) is 24.3 Å². The Hall–Kier alpha value is -0.218. The molecule has 0 amide bonds. The van der Waals surface area contributed by atoms with E-state index >= 15 is 0 Å². The van der Waals surface area contributed by atoms with Crippen LogP contribution in [0.4, 0.5) is 0 Å². The predicted molar refractivity (Wildman–Crippen MR) is 148 cm³/mol. The van der Waals surface area contributed by atoms with Crippen LogP contribution in [0.1, 0.15) is 152 Å². The Morgan fingerprint density at radius 3 is 1.06 bits per heavy atom. The number of benzene rings is 2. The first-order valence-electron chi connectivity index (χ1n) is 12.7. The molecule has 0 aliphatic carbocycles. The molecule has 0 N–H and O–H groups in total. The van der Waals surface area contributed by atoms with Crippen molar-refractivity contribution < 1.29 is 0 Å². The van der Waals surface area contributed by atoms with E-state index in [1.54, 1.807) is 22.3 Å². The van der Waals surface area contributed by atoms with Crippen LogP contribution in [0.5, 0.6) is 0 Å². The van der Waals surface area contributed by atoms with Gasteiger partial charge in [0.15, 0.2) is 0 Å². The van der Waals surface area contributed by atoms with Crippen molar-refractivity contribution in [3.63, 3.8) is 0 Å². The summed E-state index contributed by atoms with van der Waals surface area (Å²) >= 11 is -0.764. The molecule has 0 saturated carbocycles. The minimum atomic E-state index is -0.659. The second kappa shape index (κ2) is 12.0. The van der Waals surface area contributed by atoms with E-state index < -0.39 is 18.2 Å². The topological polar surface area (TPSA) is 0 Å². The molecule has 2 rings (SSSR count). The van der Waals surface area contributed by atoms with E-state index in [9.17, 15) is 0 Å². The molecule has 0 aliphatic rings. The molecule has 2 heteroatoms. The Morgan fingerprint density at radius 1 is 0.469 bits per heavy atom. The molecule has 0 fully saturated rings. The summed E-state index contributed by atoms with van der Waals surface area (Å²) in [5.74, 6) is 3.66. The van der Waals surface area contributed by atoms with Gasteiger partial charge in [-0.3, -0.25) is 0 Å². The standard InChI is InChI=1S/C15H23Ge.C15H23.Sn/c1-9(2)12-7-13(10(3)4)15(16)14(8-12)11(5)6;1-10(2)13-7-14(11(3)4)9-15(8-13)12(5)6;/h7-11H,1-6H3;7-8,10-12H,1-6H3;. The number of hydrogen-bond donors (Lipinski definition) is 0. The first-order valence-corrected chi connectivity index (χ1v) is 23.7. The van der Waals surface area contributed by atoms with Crippen LogP contribution in [0.25, 0.3) is 0 Å². The van der Waals surface area contributed by atoms with E-state index in [0.29, 0.717) is 35.5 Å². The molecule has 0 bridgehead atoms. The summed E-state index contributed by atoms with van der Waals surface area (Å²) in [5.41, 5.74) is 9.74. The molecule has 0 aliphatic heterocycles. The average molecular weight is 598 g/mol. The van der Waals surface area contributed by atoms with Gasteiger partial charge in [-0.15, -0.1) is 0 Å². The fraction of sp³-hybridized carbons (Fsp3) is 0.600. The summed E-state index contributed by atoms with van der Waals surface area (Å²) in [4.78, 5) is 0. The fourth-order valence-electron chi connectivity index (χ4n) is 4.33. The second-order valence-corrected chi connectivity index (χ2v) is 22.3. The van der Waals surface area contributed by atoms with Crippen molar-refractivity contribution in [2.45, 2.75) is 119 Å². The normalized spacial score (nSPS) is 12.7. The van der Waals surface area contributed by atoms with Crippen LogP contribution < -0.4 is 7.98 Å². The van der Waals surface area contributed by atoms with E-state index in [1.807, 2.05) is 7.98 Å². The summed E-state index contributed by atoms with van der Waals surface area (Å²) < 4.78 is 3.64. The molecule has 174 valence electrons. The van der Waals surface area contributed by atoms with Gasteiger partial charge in [-0.2, -0.15) is 0 Å². The van der Waals surface area contributed by atoms with Crippen molar-refractivity contribution >= 4 is 37.7 Å². The molecular weight excluding hydrogens is 552 g/mol. The van der Waals surface area contributed by atoms with Gasteiger partial charge in [0.2, 0.25) is 0 Å². The van der Waals surface area contributed by atoms with Crippen molar-refractivity contribution in [1.82, 2.24) is 0 Å². The number of rotatable bonds is 8. The minimum absolute atomic E-state index is 0.105. The average Bonchev–Trinajstić information content (AvgIpc) is 2.70. The van der Waals surface area contributed by atoms with Crippen molar-refractivity contribution in [3.05, 3.63) is 57.6 Å². The summed E-state index contributed by atoms with van der Waals surface area (Å²) in [5, 5.41) is 0. The van der Waals surface area contributed by atoms with Crippen LogP contribution in [0, 0.1) is 0 Å². The fourth-order valence-corrected chi connectivity index (χ4v) is 21.9. The third-order valence-corrected chi connectivity index (χ3v) is 20.0. The Morgan fingerprint density at radius 2 is 0.781 bits per heavy atom. The Labute approximate surface area is 212 Å². The summed E-state index contributed by atoms with van der Waals surface area (Å²) in [6.07, 6.45) is 0. The first-order chi connectivity index (χ1) is 14.8. The summed E-state index contributed by atoms with van der Waals surface area (Å²) in [6, 6.07) is 10.3. The maximum atomic E-state index is 2.57. The molecule has 0 saturated heterocycles. The van der Waals surface area contributed by atoms with Crippen molar-refractivity contribution in [1.29, 1.82) is 0 Å². The van der Waals surface area contributed by atoms with E-state index in [0.717, 1.165) is 0 Å². The molecule has 2 aromatic carbocycles. The van der Waals surface area contributed by atoms with E-state index in [4.69, 9.17) is 0 Å². The van der Waals surface area contributed by atoms with Crippen molar-refractivity contribution in [2.24, 2.45) is 0 Å². The quantitative estimate of drug-likeness (QED) is 0.274. The Bertz CT molecular complexity index is 810. The molecule has 0 atom stereocenters. The van der Waals surface area contributed by atoms with Gasteiger partial charge in [0.1, 0.15) is 0 Å². The van der Waals surface area contributed by atoms with E-state index in [-0.39, 0.29) is 11.6 Å². The van der Waals surface area contributed by atoms with Crippen LogP contribution in [0.2, 0.25) is 0 Å². The van der Waals surface area contributed by atoms with Crippen LogP contribution in [-0.4, -0.2) is 29.7 Å². The van der Waals surface area contributed by atoms with E-state index in [2.05, 4.69) is 107 Å². The van der Waals surface area contributed by atoms with Gasteiger partial charge < -0.3 is 0 Å². The molecule has 0 spiro atoms. The molecule has 2 aromatic rings. The van der Waals surface area contributed by atoms with Crippen molar-refractivity contribution in [3.8, 4) is 0 Å². The summed E-state index contributed by atoms with van der Waals surface area (Å²) in [6.45, 7) is 28.6. The molecule has 32 heavy (non-hydrogen) atoms. The molecule has 0 unspecified atom stereocenters. The zero-order valence-corrected chi connectivity index (χ0v) is 27.7. The van der Waals surface area contributed by atoms with Gasteiger partial charge in [0.25, 0.3) is 0 Å². The van der Waals surface area contributed by atoms with Gasteiger partial charge in [-0.25, -0.2) is 0 Å². The van der Waals surface area contributed by atoms with Crippen LogP contribution in [0.3, 0.4) is 0 Å². The SMILES string of the molecule is CC(C)c1cc(C(C)C)[c]([Ge]=[Sn][c]2c(C(C)C)cc(C(C)C)cc2C(C)C)c(C(C)C)c1. The monoisotopic (exact) mass is 600 g/mol. The van der Waals surface area contributed by atoms with Crippen LogP contribution >= 0.6 is 0 Å². The van der Waals surface area contributed by atoms with Gasteiger partial charge in [-0.05, 0) is 0 Å². The predicted octanol–water partition coefficient (Wildman–Crippen LogP) is 7.70.